The highest BCUT2D eigenvalue weighted by molar-refractivity contribution is 6.11. The summed E-state index contributed by atoms with van der Waals surface area (Å²) in [6.07, 6.45) is 2.52. The number of rotatable bonds is 6. The summed E-state index contributed by atoms with van der Waals surface area (Å²) in [5.41, 5.74) is 11.9. The van der Waals surface area contributed by atoms with E-state index in [1.165, 1.54) is 0 Å². The topological polar surface area (TPSA) is 87.6 Å². The van der Waals surface area contributed by atoms with E-state index in [0.29, 0.717) is 30.1 Å². The molecule has 1 aliphatic carbocycles. The Morgan fingerprint density at radius 3 is 2.45 bits per heavy atom. The first-order valence-electron chi connectivity index (χ1n) is 7.36. The second-order valence-corrected chi connectivity index (χ2v) is 5.07. The molecule has 4 N–H and O–H groups in total. The molecular formula is C17H22N2O3. The molecule has 0 amide bonds. The Kier molecular flexibility index (Phi) is 5.13. The highest BCUT2D eigenvalue weighted by Gasteiger charge is 2.39. The zero-order valence-corrected chi connectivity index (χ0v) is 12.9. The summed E-state index contributed by atoms with van der Waals surface area (Å²) in [4.78, 5) is 12.7. The van der Waals surface area contributed by atoms with E-state index in [9.17, 15) is 4.79 Å². The van der Waals surface area contributed by atoms with Gasteiger partial charge in [0.25, 0.3) is 0 Å². The van der Waals surface area contributed by atoms with Crippen molar-refractivity contribution in [2.75, 3.05) is 13.2 Å². The molecule has 0 aromatic heterocycles. The molecule has 0 aliphatic heterocycles. The van der Waals surface area contributed by atoms with Crippen LogP contribution in [-0.4, -0.2) is 30.8 Å². The summed E-state index contributed by atoms with van der Waals surface area (Å²) in [7, 11) is 0. The first-order chi connectivity index (χ1) is 10.5. The van der Waals surface area contributed by atoms with Crippen LogP contribution >= 0.6 is 0 Å². The lowest BCUT2D eigenvalue weighted by Crippen LogP contribution is -2.60. The van der Waals surface area contributed by atoms with Crippen molar-refractivity contribution in [1.82, 2.24) is 0 Å². The molecule has 118 valence electrons. The summed E-state index contributed by atoms with van der Waals surface area (Å²) < 4.78 is 11.3. The second-order valence-electron chi connectivity index (χ2n) is 5.07. The predicted octanol–water partition coefficient (Wildman–Crippen LogP) is 1.75. The van der Waals surface area contributed by atoms with Crippen LogP contribution in [0.5, 0.6) is 0 Å². The van der Waals surface area contributed by atoms with Crippen LogP contribution in [0.3, 0.4) is 0 Å². The van der Waals surface area contributed by atoms with E-state index in [2.05, 4.69) is 0 Å². The summed E-state index contributed by atoms with van der Waals surface area (Å²) in [5.74, 6) is 0.256. The lowest BCUT2D eigenvalue weighted by atomic mass is 9.89. The van der Waals surface area contributed by atoms with E-state index in [1.807, 2.05) is 32.0 Å². The molecular weight excluding hydrogens is 280 g/mol. The third-order valence-corrected chi connectivity index (χ3v) is 3.41. The number of carbonyl (C=O) groups is 1. The average molecular weight is 302 g/mol. The molecule has 0 spiro atoms. The van der Waals surface area contributed by atoms with Crippen LogP contribution in [0.2, 0.25) is 0 Å². The number of ether oxygens (including phenoxy) is 2. The average Bonchev–Trinajstić information content (AvgIpc) is 2.51. The monoisotopic (exact) mass is 302 g/mol. The number of benzene rings is 1. The van der Waals surface area contributed by atoms with E-state index in [1.54, 1.807) is 24.3 Å². The molecule has 0 saturated carbocycles. The highest BCUT2D eigenvalue weighted by atomic mass is 16.5. The standard InChI is InChI=1S/C17H22N2O3/c1-3-21-15-13(14(20)12-8-6-5-7-9-12)10-11-17(18,19)16(15)22-4-2/h5-11,16H,3-4,18-19H2,1-2H3. The van der Waals surface area contributed by atoms with Crippen molar-refractivity contribution in [3.8, 4) is 0 Å². The summed E-state index contributed by atoms with van der Waals surface area (Å²) in [5, 5.41) is 0. The maximum Gasteiger partial charge on any atom is 0.196 e. The highest BCUT2D eigenvalue weighted by Crippen LogP contribution is 2.28. The number of hydrogen-bond donors (Lipinski definition) is 2. The molecule has 5 heteroatoms. The predicted molar refractivity (Wildman–Crippen MR) is 85.1 cm³/mol. The van der Waals surface area contributed by atoms with Crippen LogP contribution in [-0.2, 0) is 9.47 Å². The first-order valence-corrected chi connectivity index (χ1v) is 7.36. The SMILES string of the molecule is CCOC1=C(C(=O)c2ccccc2)C=CC(N)(N)C1OCC. The number of ketones is 1. The number of allylic oxidation sites excluding steroid dienone is 2. The lowest BCUT2D eigenvalue weighted by Gasteiger charge is -2.35. The molecule has 5 nitrogen and oxygen atoms in total. The van der Waals surface area contributed by atoms with Crippen molar-refractivity contribution in [1.29, 1.82) is 0 Å². The van der Waals surface area contributed by atoms with Gasteiger partial charge in [-0.15, -0.1) is 0 Å². The molecule has 0 bridgehead atoms. The number of hydrogen-bond acceptors (Lipinski definition) is 5. The van der Waals surface area contributed by atoms with Crippen molar-refractivity contribution in [2.24, 2.45) is 11.5 Å². The molecule has 0 radical (unpaired) electrons. The minimum Gasteiger partial charge on any atom is -0.495 e. The molecule has 0 heterocycles. The summed E-state index contributed by atoms with van der Waals surface area (Å²) in [6, 6.07) is 9.01. The van der Waals surface area contributed by atoms with Gasteiger partial charge in [-0.25, -0.2) is 0 Å². The fourth-order valence-electron chi connectivity index (χ4n) is 2.39. The minimum absolute atomic E-state index is 0.138. The maximum absolute atomic E-state index is 12.7. The summed E-state index contributed by atoms with van der Waals surface area (Å²) in [6.45, 7) is 4.50. The molecule has 1 aromatic carbocycles. The first kappa shape index (κ1) is 16.4. The molecule has 2 rings (SSSR count). The third kappa shape index (κ3) is 3.27. The molecule has 1 atom stereocenters. The van der Waals surface area contributed by atoms with Gasteiger partial charge in [0.1, 0.15) is 17.5 Å². The Morgan fingerprint density at radius 2 is 1.86 bits per heavy atom. The van der Waals surface area contributed by atoms with Crippen molar-refractivity contribution in [3.05, 3.63) is 59.4 Å². The Labute approximate surface area is 130 Å². The molecule has 0 fully saturated rings. The third-order valence-electron chi connectivity index (χ3n) is 3.41. The van der Waals surface area contributed by atoms with Gasteiger partial charge in [0.2, 0.25) is 0 Å². The van der Waals surface area contributed by atoms with E-state index >= 15 is 0 Å². The largest absolute Gasteiger partial charge is 0.495 e. The van der Waals surface area contributed by atoms with Crippen LogP contribution in [0.1, 0.15) is 24.2 Å². The van der Waals surface area contributed by atoms with Gasteiger partial charge in [0, 0.05) is 12.2 Å². The quantitative estimate of drug-likeness (QED) is 0.617. The molecule has 1 unspecified atom stereocenters. The van der Waals surface area contributed by atoms with Gasteiger partial charge in [-0.1, -0.05) is 30.3 Å². The van der Waals surface area contributed by atoms with Gasteiger partial charge in [0.15, 0.2) is 5.78 Å². The van der Waals surface area contributed by atoms with Gasteiger partial charge < -0.3 is 20.9 Å². The van der Waals surface area contributed by atoms with E-state index in [4.69, 9.17) is 20.9 Å². The number of nitrogens with two attached hydrogens (primary N) is 2. The lowest BCUT2D eigenvalue weighted by molar-refractivity contribution is 0.00269. The van der Waals surface area contributed by atoms with Gasteiger partial charge in [-0.05, 0) is 26.0 Å². The number of Topliss-reactive ketones (excluding diaryl/α,β-unsaturated/α-hetero) is 1. The van der Waals surface area contributed by atoms with Crippen LogP contribution in [0, 0.1) is 0 Å². The Hall–Kier alpha value is -1.95. The molecule has 1 aromatic rings. The molecule has 0 saturated heterocycles. The van der Waals surface area contributed by atoms with Crippen LogP contribution in [0.4, 0.5) is 0 Å². The van der Waals surface area contributed by atoms with E-state index in [-0.39, 0.29) is 5.78 Å². The van der Waals surface area contributed by atoms with Crippen LogP contribution in [0.15, 0.2) is 53.8 Å². The van der Waals surface area contributed by atoms with Crippen molar-refractivity contribution in [3.63, 3.8) is 0 Å². The second kappa shape index (κ2) is 6.87. The zero-order chi connectivity index (χ0) is 16.2. The van der Waals surface area contributed by atoms with Crippen LogP contribution < -0.4 is 11.5 Å². The van der Waals surface area contributed by atoms with Gasteiger partial charge >= 0.3 is 0 Å². The van der Waals surface area contributed by atoms with Gasteiger partial charge in [-0.3, -0.25) is 4.79 Å². The molecule has 1 aliphatic rings. The molecule has 22 heavy (non-hydrogen) atoms. The van der Waals surface area contributed by atoms with Gasteiger partial charge in [-0.2, -0.15) is 0 Å². The van der Waals surface area contributed by atoms with Gasteiger partial charge in [0.05, 0.1) is 12.2 Å². The Bertz CT molecular complexity index is 591. The normalized spacial score (nSPS) is 20.1. The fraction of sp³-hybridized carbons (Fsp3) is 0.353. The van der Waals surface area contributed by atoms with E-state index in [0.717, 1.165) is 0 Å². The Morgan fingerprint density at radius 1 is 1.18 bits per heavy atom. The summed E-state index contributed by atoms with van der Waals surface area (Å²) >= 11 is 0. The Balaban J connectivity index is 2.47. The van der Waals surface area contributed by atoms with Crippen LogP contribution in [0.25, 0.3) is 0 Å². The van der Waals surface area contributed by atoms with Crippen molar-refractivity contribution >= 4 is 5.78 Å². The fourth-order valence-corrected chi connectivity index (χ4v) is 2.39. The van der Waals surface area contributed by atoms with Crippen molar-refractivity contribution in [2.45, 2.75) is 25.6 Å². The smallest absolute Gasteiger partial charge is 0.196 e. The zero-order valence-electron chi connectivity index (χ0n) is 12.9. The minimum atomic E-state index is -1.21. The van der Waals surface area contributed by atoms with E-state index < -0.39 is 11.8 Å². The number of carbonyl (C=O) groups excluding carboxylic acids is 1. The maximum atomic E-state index is 12.7. The van der Waals surface area contributed by atoms with Crippen molar-refractivity contribution < 1.29 is 14.3 Å².